The van der Waals surface area contributed by atoms with Gasteiger partial charge in [-0.15, -0.1) is 0 Å². The molecule has 1 aromatic rings. The van der Waals surface area contributed by atoms with Gasteiger partial charge in [-0.25, -0.2) is 4.39 Å². The minimum atomic E-state index is -1.25. The first kappa shape index (κ1) is 11.2. The fourth-order valence-corrected chi connectivity index (χ4v) is 1.05. The molecule has 0 saturated heterocycles. The first-order valence-corrected chi connectivity index (χ1v) is 4.27. The van der Waals surface area contributed by atoms with Crippen LogP contribution in [0, 0.1) is 12.7 Å². The minimum Gasteiger partial charge on any atom is -0.481 e. The van der Waals surface area contributed by atoms with E-state index in [0.29, 0.717) is 0 Å². The van der Waals surface area contributed by atoms with E-state index in [0.717, 1.165) is 5.56 Å². The van der Waals surface area contributed by atoms with Crippen LogP contribution in [0.4, 0.5) is 10.1 Å². The zero-order valence-electron chi connectivity index (χ0n) is 8.08. The molecule has 5 heteroatoms. The molecular weight excluding hydrogens is 201 g/mol. The number of carboxylic acids is 1. The Bertz CT molecular complexity index is 404. The predicted molar refractivity (Wildman–Crippen MR) is 52.0 cm³/mol. The first-order chi connectivity index (χ1) is 6.99. The van der Waals surface area contributed by atoms with Crippen molar-refractivity contribution in [3.8, 4) is 0 Å². The van der Waals surface area contributed by atoms with E-state index in [1.54, 1.807) is 13.0 Å². The van der Waals surface area contributed by atoms with E-state index in [9.17, 15) is 14.0 Å². The van der Waals surface area contributed by atoms with Gasteiger partial charge in [0.05, 0.1) is 5.69 Å². The van der Waals surface area contributed by atoms with Crippen molar-refractivity contribution in [2.45, 2.75) is 13.3 Å². The third kappa shape index (κ3) is 3.38. The third-order valence-electron chi connectivity index (χ3n) is 1.71. The van der Waals surface area contributed by atoms with Crippen LogP contribution in [0.3, 0.4) is 0 Å². The minimum absolute atomic E-state index is 0.00755. The number of carboxylic acid groups (broad SMARTS) is 1. The molecule has 15 heavy (non-hydrogen) atoms. The summed E-state index contributed by atoms with van der Waals surface area (Å²) < 4.78 is 13.2. The fraction of sp³-hybridized carbons (Fsp3) is 0.200. The van der Waals surface area contributed by atoms with Crippen LogP contribution in [0.25, 0.3) is 0 Å². The predicted octanol–water partition coefficient (Wildman–Crippen LogP) is 1.55. The molecule has 1 aromatic carbocycles. The molecule has 80 valence electrons. The van der Waals surface area contributed by atoms with Crippen molar-refractivity contribution in [2.75, 3.05) is 5.32 Å². The normalized spacial score (nSPS) is 9.73. The summed E-state index contributed by atoms with van der Waals surface area (Å²) in [4.78, 5) is 21.2. The summed E-state index contributed by atoms with van der Waals surface area (Å²) in [6.07, 6.45) is -0.673. The van der Waals surface area contributed by atoms with E-state index in [1.165, 1.54) is 12.1 Å². The van der Waals surface area contributed by atoms with Crippen LogP contribution >= 0.6 is 0 Å². The Morgan fingerprint density at radius 2 is 2.13 bits per heavy atom. The molecule has 1 amide bonds. The van der Waals surface area contributed by atoms with E-state index < -0.39 is 24.1 Å². The van der Waals surface area contributed by atoms with Crippen LogP contribution in [-0.4, -0.2) is 17.0 Å². The molecule has 2 N–H and O–H groups in total. The maximum Gasteiger partial charge on any atom is 0.312 e. The summed E-state index contributed by atoms with van der Waals surface area (Å²) in [6, 6.07) is 4.28. The number of hydrogen-bond donors (Lipinski definition) is 2. The van der Waals surface area contributed by atoms with Crippen LogP contribution in [-0.2, 0) is 9.59 Å². The van der Waals surface area contributed by atoms with Crippen LogP contribution < -0.4 is 5.32 Å². The molecule has 0 aromatic heterocycles. The second kappa shape index (κ2) is 4.54. The lowest BCUT2D eigenvalue weighted by Crippen LogP contribution is -2.16. The van der Waals surface area contributed by atoms with Crippen molar-refractivity contribution >= 4 is 17.6 Å². The first-order valence-electron chi connectivity index (χ1n) is 4.27. The number of benzene rings is 1. The lowest BCUT2D eigenvalue weighted by Gasteiger charge is -2.05. The fourth-order valence-electron chi connectivity index (χ4n) is 1.05. The molecule has 4 nitrogen and oxygen atoms in total. The number of nitrogens with one attached hydrogen (secondary N) is 1. The number of halogens is 1. The number of amides is 1. The molecule has 0 fully saturated rings. The SMILES string of the molecule is Cc1ccc(NC(=O)CC(=O)O)c(F)c1. The number of carbonyl (C=O) groups is 2. The van der Waals surface area contributed by atoms with Gasteiger partial charge in [-0.2, -0.15) is 0 Å². The highest BCUT2D eigenvalue weighted by molar-refractivity contribution is 6.01. The summed E-state index contributed by atoms with van der Waals surface area (Å²) in [5.41, 5.74) is 0.718. The smallest absolute Gasteiger partial charge is 0.312 e. The standard InChI is InChI=1S/C10H10FNO3/c1-6-2-3-8(7(11)4-6)12-9(13)5-10(14)15/h2-4H,5H2,1H3,(H,12,13)(H,14,15). The highest BCUT2D eigenvalue weighted by Gasteiger charge is 2.10. The van der Waals surface area contributed by atoms with E-state index in [1.807, 2.05) is 0 Å². The van der Waals surface area contributed by atoms with Gasteiger partial charge in [0.2, 0.25) is 5.91 Å². The number of hydrogen-bond acceptors (Lipinski definition) is 2. The molecule has 0 spiro atoms. The summed E-state index contributed by atoms with van der Waals surface area (Å²) in [5.74, 6) is -2.57. The highest BCUT2D eigenvalue weighted by atomic mass is 19.1. The van der Waals surface area contributed by atoms with Crippen LogP contribution in [0.15, 0.2) is 18.2 Å². The van der Waals surface area contributed by atoms with E-state index in [-0.39, 0.29) is 5.69 Å². The number of rotatable bonds is 3. The summed E-state index contributed by atoms with van der Waals surface area (Å²) in [5, 5.41) is 10.5. The van der Waals surface area contributed by atoms with Gasteiger partial charge in [-0.05, 0) is 24.6 Å². The second-order valence-electron chi connectivity index (χ2n) is 3.10. The molecule has 0 unspecified atom stereocenters. The second-order valence-corrected chi connectivity index (χ2v) is 3.10. The van der Waals surface area contributed by atoms with Gasteiger partial charge >= 0.3 is 5.97 Å². The van der Waals surface area contributed by atoms with E-state index in [2.05, 4.69) is 5.32 Å². The van der Waals surface area contributed by atoms with E-state index >= 15 is 0 Å². The summed E-state index contributed by atoms with van der Waals surface area (Å²) in [6.45, 7) is 1.71. The lowest BCUT2D eigenvalue weighted by atomic mass is 10.2. The maximum absolute atomic E-state index is 13.2. The molecular formula is C10H10FNO3. The largest absolute Gasteiger partial charge is 0.481 e. The van der Waals surface area contributed by atoms with Gasteiger partial charge < -0.3 is 10.4 Å². The molecule has 0 atom stereocenters. The number of anilines is 1. The molecule has 0 aliphatic heterocycles. The molecule has 0 bridgehead atoms. The Balaban J connectivity index is 2.72. The van der Waals surface area contributed by atoms with Crippen molar-refractivity contribution in [1.82, 2.24) is 0 Å². The average molecular weight is 211 g/mol. The number of aryl methyl sites for hydroxylation is 1. The topological polar surface area (TPSA) is 66.4 Å². The van der Waals surface area contributed by atoms with Crippen molar-refractivity contribution in [2.24, 2.45) is 0 Å². The lowest BCUT2D eigenvalue weighted by molar-refractivity contribution is -0.139. The molecule has 0 heterocycles. The van der Waals surface area contributed by atoms with Crippen LogP contribution in [0.2, 0.25) is 0 Å². The van der Waals surface area contributed by atoms with Gasteiger partial charge in [-0.1, -0.05) is 6.07 Å². The molecule has 0 radical (unpaired) electrons. The van der Waals surface area contributed by atoms with Crippen LogP contribution in [0.5, 0.6) is 0 Å². The number of aliphatic carboxylic acids is 1. The Morgan fingerprint density at radius 1 is 1.47 bits per heavy atom. The highest BCUT2D eigenvalue weighted by Crippen LogP contribution is 2.15. The monoisotopic (exact) mass is 211 g/mol. The van der Waals surface area contributed by atoms with Gasteiger partial charge in [0, 0.05) is 0 Å². The zero-order chi connectivity index (χ0) is 11.4. The summed E-state index contributed by atoms with van der Waals surface area (Å²) >= 11 is 0. The average Bonchev–Trinajstić information content (AvgIpc) is 2.08. The zero-order valence-corrected chi connectivity index (χ0v) is 8.08. The molecule has 0 saturated carbocycles. The van der Waals surface area contributed by atoms with Crippen molar-refractivity contribution < 1.29 is 19.1 Å². The maximum atomic E-state index is 13.2. The van der Waals surface area contributed by atoms with E-state index in [4.69, 9.17) is 5.11 Å². The Morgan fingerprint density at radius 3 is 2.67 bits per heavy atom. The van der Waals surface area contributed by atoms with Gasteiger partial charge in [-0.3, -0.25) is 9.59 Å². The Hall–Kier alpha value is -1.91. The van der Waals surface area contributed by atoms with Crippen molar-refractivity contribution in [1.29, 1.82) is 0 Å². The summed E-state index contributed by atoms with van der Waals surface area (Å²) in [7, 11) is 0. The quantitative estimate of drug-likeness (QED) is 0.745. The van der Waals surface area contributed by atoms with Crippen molar-refractivity contribution in [3.05, 3.63) is 29.6 Å². The molecule has 0 aliphatic carbocycles. The van der Waals surface area contributed by atoms with Crippen molar-refractivity contribution in [3.63, 3.8) is 0 Å². The Kier molecular flexibility index (Phi) is 3.38. The van der Waals surface area contributed by atoms with Gasteiger partial charge in [0.25, 0.3) is 0 Å². The molecule has 0 aliphatic rings. The Labute approximate surface area is 85.7 Å². The van der Waals surface area contributed by atoms with Gasteiger partial charge in [0.15, 0.2) is 0 Å². The van der Waals surface area contributed by atoms with Gasteiger partial charge in [0.1, 0.15) is 12.2 Å². The number of carbonyl (C=O) groups excluding carboxylic acids is 1. The molecule has 1 rings (SSSR count). The third-order valence-corrected chi connectivity index (χ3v) is 1.71. The van der Waals surface area contributed by atoms with Crippen LogP contribution in [0.1, 0.15) is 12.0 Å².